The molecule has 0 bridgehead atoms. The zero-order chi connectivity index (χ0) is 9.90. The van der Waals surface area contributed by atoms with Crippen molar-refractivity contribution in [2.45, 2.75) is 26.2 Å². The molecular weight excluding hydrogens is 182 g/mol. The fourth-order valence-electron chi connectivity index (χ4n) is 0.881. The van der Waals surface area contributed by atoms with Gasteiger partial charge in [0.1, 0.15) is 0 Å². The molecule has 0 fully saturated rings. The fraction of sp³-hybridized carbons (Fsp3) is 0.500. The highest BCUT2D eigenvalue weighted by atomic mass is 32.1. The van der Waals surface area contributed by atoms with Crippen molar-refractivity contribution >= 4 is 17.4 Å². The van der Waals surface area contributed by atoms with Crippen molar-refractivity contribution in [3.63, 3.8) is 0 Å². The van der Waals surface area contributed by atoms with E-state index in [0.29, 0.717) is 0 Å². The highest BCUT2D eigenvalue weighted by Gasteiger charge is 2.16. The Balaban J connectivity index is 2.81. The summed E-state index contributed by atoms with van der Waals surface area (Å²) in [4.78, 5) is 4.44. The lowest BCUT2D eigenvalue weighted by atomic mass is 9.98. The second kappa shape index (κ2) is 4.03. The Kier molecular flexibility index (Phi) is 3.22. The van der Waals surface area contributed by atoms with Gasteiger partial charge in [0, 0.05) is 10.8 Å². The quantitative estimate of drug-likeness (QED) is 0.790. The van der Waals surface area contributed by atoms with Gasteiger partial charge in [-0.25, -0.2) is 4.98 Å². The van der Waals surface area contributed by atoms with Gasteiger partial charge >= 0.3 is 0 Å². The van der Waals surface area contributed by atoms with Crippen molar-refractivity contribution in [3.8, 4) is 0 Å². The van der Waals surface area contributed by atoms with Crippen LogP contribution in [-0.4, -0.2) is 16.7 Å². The Hall–Kier alpha value is -0.670. The van der Waals surface area contributed by atoms with Crippen molar-refractivity contribution in [1.29, 1.82) is 0 Å². The van der Waals surface area contributed by atoms with E-state index in [-0.39, 0.29) is 12.0 Å². The lowest BCUT2D eigenvalue weighted by Crippen LogP contribution is -2.10. The molecule has 0 saturated carbocycles. The monoisotopic (exact) mass is 197 g/mol. The number of nitrogens with zero attached hydrogens (tertiary/aromatic N) is 1. The molecule has 1 N–H and O–H groups in total. The van der Waals surface area contributed by atoms with Gasteiger partial charge in [-0.3, -0.25) is 0 Å². The molecule has 2 nitrogen and oxygen atoms in total. The van der Waals surface area contributed by atoms with E-state index in [4.69, 9.17) is 5.11 Å². The van der Waals surface area contributed by atoms with Gasteiger partial charge in [-0.1, -0.05) is 26.8 Å². The molecule has 0 spiro atoms. The van der Waals surface area contributed by atoms with E-state index in [1.807, 2.05) is 11.5 Å². The van der Waals surface area contributed by atoms with E-state index in [2.05, 4.69) is 25.8 Å². The summed E-state index contributed by atoms with van der Waals surface area (Å²) >= 11 is 1.66. The highest BCUT2D eigenvalue weighted by Crippen LogP contribution is 2.25. The summed E-state index contributed by atoms with van der Waals surface area (Å²) < 4.78 is 0. The van der Waals surface area contributed by atoms with E-state index in [0.717, 1.165) is 10.7 Å². The summed E-state index contributed by atoms with van der Waals surface area (Å²) in [5, 5.41) is 11.7. The van der Waals surface area contributed by atoms with Crippen molar-refractivity contribution in [3.05, 3.63) is 22.2 Å². The molecule has 0 aliphatic carbocycles. The molecule has 0 aliphatic heterocycles. The summed E-state index contributed by atoms with van der Waals surface area (Å²) in [6.07, 6.45) is 3.53. The van der Waals surface area contributed by atoms with Crippen molar-refractivity contribution < 1.29 is 5.11 Å². The number of aromatic nitrogens is 1. The van der Waals surface area contributed by atoms with Gasteiger partial charge in [0.05, 0.1) is 17.3 Å². The van der Waals surface area contributed by atoms with Gasteiger partial charge in [-0.05, 0) is 6.08 Å². The van der Waals surface area contributed by atoms with E-state index in [9.17, 15) is 0 Å². The molecule has 0 unspecified atom stereocenters. The van der Waals surface area contributed by atoms with Crippen LogP contribution in [0.3, 0.4) is 0 Å². The molecule has 0 radical (unpaired) electrons. The molecule has 1 rings (SSSR count). The van der Waals surface area contributed by atoms with Crippen molar-refractivity contribution in [2.24, 2.45) is 0 Å². The maximum atomic E-state index is 8.58. The lowest BCUT2D eigenvalue weighted by Gasteiger charge is -2.13. The van der Waals surface area contributed by atoms with Crippen LogP contribution < -0.4 is 0 Å². The van der Waals surface area contributed by atoms with Gasteiger partial charge in [-0.2, -0.15) is 0 Å². The minimum atomic E-state index is 0.0718. The van der Waals surface area contributed by atoms with Crippen LogP contribution in [0.25, 0.3) is 6.08 Å². The summed E-state index contributed by atoms with van der Waals surface area (Å²) in [6.45, 7) is 6.50. The average Bonchev–Trinajstić information content (AvgIpc) is 2.47. The third kappa shape index (κ3) is 2.94. The third-order valence-corrected chi connectivity index (χ3v) is 2.84. The Bertz CT molecular complexity index is 296. The Morgan fingerprint density at radius 2 is 2.23 bits per heavy atom. The highest BCUT2D eigenvalue weighted by molar-refractivity contribution is 7.09. The Labute approximate surface area is 83.0 Å². The summed E-state index contributed by atoms with van der Waals surface area (Å²) in [6, 6.07) is 0. The van der Waals surface area contributed by atoms with Crippen LogP contribution in [-0.2, 0) is 5.41 Å². The maximum absolute atomic E-state index is 8.58. The summed E-state index contributed by atoms with van der Waals surface area (Å²) in [5.41, 5.74) is 1.06. The van der Waals surface area contributed by atoms with E-state index >= 15 is 0 Å². The molecule has 1 aromatic rings. The van der Waals surface area contributed by atoms with Crippen LogP contribution in [0, 0.1) is 0 Å². The number of thiazole rings is 1. The number of rotatable bonds is 2. The molecule has 13 heavy (non-hydrogen) atoms. The molecular formula is C10H15NOS. The van der Waals surface area contributed by atoms with E-state index in [1.54, 1.807) is 17.4 Å². The minimum absolute atomic E-state index is 0.0718. The van der Waals surface area contributed by atoms with Gasteiger partial charge in [-0.15, -0.1) is 11.3 Å². The first-order valence-corrected chi connectivity index (χ1v) is 5.15. The van der Waals surface area contributed by atoms with Crippen LogP contribution in [0.2, 0.25) is 0 Å². The van der Waals surface area contributed by atoms with Crippen LogP contribution in [0.1, 0.15) is 31.5 Å². The minimum Gasteiger partial charge on any atom is -0.392 e. The molecule has 0 amide bonds. The molecule has 0 atom stereocenters. The second-order valence-corrected chi connectivity index (χ2v) is 4.77. The van der Waals surface area contributed by atoms with Crippen LogP contribution in [0.5, 0.6) is 0 Å². The second-order valence-electron chi connectivity index (χ2n) is 3.91. The molecule has 72 valence electrons. The normalized spacial score (nSPS) is 12.6. The maximum Gasteiger partial charge on any atom is 0.0985 e. The van der Waals surface area contributed by atoms with Gasteiger partial charge in [0.15, 0.2) is 0 Å². The zero-order valence-electron chi connectivity index (χ0n) is 8.24. The van der Waals surface area contributed by atoms with Crippen molar-refractivity contribution in [1.82, 2.24) is 4.98 Å². The third-order valence-electron chi connectivity index (χ3n) is 1.56. The molecule has 3 heteroatoms. The Morgan fingerprint density at radius 1 is 1.54 bits per heavy atom. The van der Waals surface area contributed by atoms with Crippen LogP contribution >= 0.6 is 11.3 Å². The predicted octanol–water partition coefficient (Wildman–Crippen LogP) is 2.45. The topological polar surface area (TPSA) is 33.1 Å². The first kappa shape index (κ1) is 10.4. The number of hydrogen-bond acceptors (Lipinski definition) is 3. The van der Waals surface area contributed by atoms with Crippen molar-refractivity contribution in [2.75, 3.05) is 6.61 Å². The smallest absolute Gasteiger partial charge is 0.0985 e. The molecule has 1 aromatic heterocycles. The number of aliphatic hydroxyl groups excluding tert-OH is 1. The standard InChI is InChI=1S/C10H15NOS/c1-10(2,3)9-11-8(7-13-9)5-4-6-12/h4-5,7,12H,6H2,1-3H3/b5-4+. The SMILES string of the molecule is CC(C)(C)c1nc(/C=C/CO)cs1. The van der Waals surface area contributed by atoms with Gasteiger partial charge in [0.2, 0.25) is 0 Å². The first-order chi connectivity index (χ1) is 6.04. The molecule has 0 saturated heterocycles. The van der Waals surface area contributed by atoms with Crippen LogP contribution in [0.4, 0.5) is 0 Å². The van der Waals surface area contributed by atoms with Gasteiger partial charge < -0.3 is 5.11 Å². The summed E-state index contributed by atoms with van der Waals surface area (Å²) in [7, 11) is 0. The lowest BCUT2D eigenvalue weighted by molar-refractivity contribution is 0.343. The zero-order valence-corrected chi connectivity index (χ0v) is 9.06. The fourth-order valence-corrected chi connectivity index (χ4v) is 1.76. The molecule has 0 aromatic carbocycles. The number of aliphatic hydroxyl groups is 1. The van der Waals surface area contributed by atoms with Gasteiger partial charge in [0.25, 0.3) is 0 Å². The summed E-state index contributed by atoms with van der Waals surface area (Å²) in [5.74, 6) is 0. The average molecular weight is 197 g/mol. The largest absolute Gasteiger partial charge is 0.392 e. The first-order valence-electron chi connectivity index (χ1n) is 4.27. The molecule has 1 heterocycles. The molecule has 0 aliphatic rings. The number of hydrogen-bond donors (Lipinski definition) is 1. The van der Waals surface area contributed by atoms with Crippen LogP contribution in [0.15, 0.2) is 11.5 Å². The van der Waals surface area contributed by atoms with E-state index in [1.165, 1.54) is 0 Å². The van der Waals surface area contributed by atoms with E-state index < -0.39 is 0 Å². The Morgan fingerprint density at radius 3 is 2.69 bits per heavy atom. The predicted molar refractivity (Wildman–Crippen MR) is 56.9 cm³/mol.